The third-order valence-electron chi connectivity index (χ3n) is 2.48. The zero-order chi connectivity index (χ0) is 11.4. The molecule has 3 nitrogen and oxygen atoms in total. The lowest BCUT2D eigenvalue weighted by Crippen LogP contribution is -2.21. The Morgan fingerprint density at radius 2 is 2.25 bits per heavy atom. The lowest BCUT2D eigenvalue weighted by molar-refractivity contribution is 0.266. The van der Waals surface area contributed by atoms with E-state index < -0.39 is 0 Å². The second-order valence-corrected chi connectivity index (χ2v) is 4.70. The van der Waals surface area contributed by atoms with Gasteiger partial charge in [-0.05, 0) is 25.1 Å². The average Bonchev–Trinajstić information content (AvgIpc) is 2.72. The van der Waals surface area contributed by atoms with Crippen molar-refractivity contribution in [3.63, 3.8) is 0 Å². The molecule has 2 rings (SSSR count). The molecule has 86 valence electrons. The molecule has 4 heteroatoms. The topological polar surface area (TPSA) is 45.1 Å². The maximum atomic E-state index is 9.04. The minimum Gasteiger partial charge on any atom is -0.396 e. The van der Waals surface area contributed by atoms with Gasteiger partial charge in [-0.2, -0.15) is 0 Å². The van der Waals surface area contributed by atoms with Crippen molar-refractivity contribution in [2.24, 2.45) is 0 Å². The van der Waals surface area contributed by atoms with E-state index in [4.69, 9.17) is 5.11 Å². The summed E-state index contributed by atoms with van der Waals surface area (Å²) in [5, 5.41) is 13.5. The highest BCUT2D eigenvalue weighted by atomic mass is 32.1. The summed E-state index contributed by atoms with van der Waals surface area (Å²) < 4.78 is 1.21. The van der Waals surface area contributed by atoms with E-state index in [-0.39, 0.29) is 12.6 Å². The van der Waals surface area contributed by atoms with Crippen molar-refractivity contribution in [1.29, 1.82) is 0 Å². The smallest absolute Gasteiger partial charge is 0.111 e. The van der Waals surface area contributed by atoms with Crippen LogP contribution in [0, 0.1) is 0 Å². The molecule has 16 heavy (non-hydrogen) atoms. The van der Waals surface area contributed by atoms with E-state index in [1.165, 1.54) is 4.70 Å². The highest BCUT2D eigenvalue weighted by Gasteiger charge is 2.14. The molecular formula is C12H16N2OS. The number of hydrogen-bond donors (Lipinski definition) is 2. The molecule has 2 aromatic rings. The number of benzene rings is 1. The largest absolute Gasteiger partial charge is 0.396 e. The molecule has 1 aromatic carbocycles. The monoisotopic (exact) mass is 236 g/mol. The van der Waals surface area contributed by atoms with E-state index in [2.05, 4.69) is 23.3 Å². The summed E-state index contributed by atoms with van der Waals surface area (Å²) in [6.07, 6.45) is 0.716. The highest BCUT2D eigenvalue weighted by molar-refractivity contribution is 7.18. The SMILES string of the molecule is CCNC(CCO)c1nc2ccccc2s1. The van der Waals surface area contributed by atoms with Gasteiger partial charge >= 0.3 is 0 Å². The van der Waals surface area contributed by atoms with Gasteiger partial charge in [0.2, 0.25) is 0 Å². The van der Waals surface area contributed by atoms with E-state index in [1.54, 1.807) is 11.3 Å². The van der Waals surface area contributed by atoms with Crippen LogP contribution >= 0.6 is 11.3 Å². The molecule has 0 aliphatic carbocycles. The summed E-state index contributed by atoms with van der Waals surface area (Å²) >= 11 is 1.70. The van der Waals surface area contributed by atoms with E-state index in [1.807, 2.05) is 18.2 Å². The molecule has 0 radical (unpaired) electrons. The van der Waals surface area contributed by atoms with Crippen LogP contribution in [0.2, 0.25) is 0 Å². The fraction of sp³-hybridized carbons (Fsp3) is 0.417. The fourth-order valence-corrected chi connectivity index (χ4v) is 2.81. The van der Waals surface area contributed by atoms with Crippen LogP contribution in [-0.2, 0) is 0 Å². The number of hydrogen-bond acceptors (Lipinski definition) is 4. The molecule has 0 bridgehead atoms. The Morgan fingerprint density at radius 3 is 2.94 bits per heavy atom. The lowest BCUT2D eigenvalue weighted by atomic mass is 10.2. The molecule has 0 spiro atoms. The average molecular weight is 236 g/mol. The summed E-state index contributed by atoms with van der Waals surface area (Å²) in [6.45, 7) is 3.14. The lowest BCUT2D eigenvalue weighted by Gasteiger charge is -2.13. The molecule has 0 amide bonds. The molecule has 1 unspecified atom stereocenters. The Bertz CT molecular complexity index is 416. The van der Waals surface area contributed by atoms with Crippen LogP contribution < -0.4 is 5.32 Å². The summed E-state index contributed by atoms with van der Waals surface area (Å²) in [5.41, 5.74) is 1.04. The van der Waals surface area contributed by atoms with Gasteiger partial charge in [-0.1, -0.05) is 19.1 Å². The number of fused-ring (bicyclic) bond motifs is 1. The Hall–Kier alpha value is -0.970. The second kappa shape index (κ2) is 5.39. The molecule has 2 N–H and O–H groups in total. The number of nitrogens with one attached hydrogen (secondary N) is 1. The number of nitrogens with zero attached hydrogens (tertiary/aromatic N) is 1. The predicted octanol–water partition coefficient (Wildman–Crippen LogP) is 2.33. The van der Waals surface area contributed by atoms with Gasteiger partial charge in [0.1, 0.15) is 5.01 Å². The zero-order valence-corrected chi connectivity index (χ0v) is 10.1. The summed E-state index contributed by atoms with van der Waals surface area (Å²) in [6, 6.07) is 8.31. The first-order valence-electron chi connectivity index (χ1n) is 5.55. The van der Waals surface area contributed by atoms with Gasteiger partial charge in [0.15, 0.2) is 0 Å². The normalized spacial score (nSPS) is 13.1. The second-order valence-electron chi connectivity index (χ2n) is 3.64. The minimum absolute atomic E-state index is 0.174. The number of thiazole rings is 1. The van der Waals surface area contributed by atoms with Crippen LogP contribution in [0.4, 0.5) is 0 Å². The molecule has 0 saturated heterocycles. The van der Waals surface area contributed by atoms with E-state index in [9.17, 15) is 0 Å². The first-order valence-corrected chi connectivity index (χ1v) is 6.36. The van der Waals surface area contributed by atoms with Crippen molar-refractivity contribution in [3.8, 4) is 0 Å². The third kappa shape index (κ3) is 2.40. The maximum Gasteiger partial charge on any atom is 0.111 e. The van der Waals surface area contributed by atoms with Gasteiger partial charge in [0, 0.05) is 6.61 Å². The highest BCUT2D eigenvalue weighted by Crippen LogP contribution is 2.27. The number of aliphatic hydroxyl groups excluding tert-OH is 1. The van der Waals surface area contributed by atoms with Crippen LogP contribution in [0.3, 0.4) is 0 Å². The predicted molar refractivity (Wildman–Crippen MR) is 67.7 cm³/mol. The Morgan fingerprint density at radius 1 is 1.44 bits per heavy atom. The van der Waals surface area contributed by atoms with Crippen molar-refractivity contribution in [2.45, 2.75) is 19.4 Å². The molecule has 0 aliphatic rings. The van der Waals surface area contributed by atoms with E-state index >= 15 is 0 Å². The van der Waals surface area contributed by atoms with Crippen molar-refractivity contribution < 1.29 is 5.11 Å². The van der Waals surface area contributed by atoms with Crippen LogP contribution in [0.5, 0.6) is 0 Å². The minimum atomic E-state index is 0.174. The maximum absolute atomic E-state index is 9.04. The Labute approximate surface area is 99.1 Å². The number of rotatable bonds is 5. The molecule has 1 aromatic heterocycles. The van der Waals surface area contributed by atoms with Gasteiger partial charge < -0.3 is 10.4 Å². The van der Waals surface area contributed by atoms with Gasteiger partial charge in [0.05, 0.1) is 16.3 Å². The number of aromatic nitrogens is 1. The summed E-state index contributed by atoms with van der Waals surface area (Å²) in [5.74, 6) is 0. The third-order valence-corrected chi connectivity index (χ3v) is 3.63. The van der Waals surface area contributed by atoms with Crippen molar-refractivity contribution >= 4 is 21.6 Å². The van der Waals surface area contributed by atoms with Gasteiger partial charge in [-0.15, -0.1) is 11.3 Å². The molecule has 0 aliphatic heterocycles. The van der Waals surface area contributed by atoms with Crippen LogP contribution in [0.15, 0.2) is 24.3 Å². The zero-order valence-electron chi connectivity index (χ0n) is 9.31. The van der Waals surface area contributed by atoms with Crippen molar-refractivity contribution in [1.82, 2.24) is 10.3 Å². The molecule has 1 atom stereocenters. The van der Waals surface area contributed by atoms with Crippen molar-refractivity contribution in [3.05, 3.63) is 29.3 Å². The van der Waals surface area contributed by atoms with Gasteiger partial charge in [-0.25, -0.2) is 4.98 Å². The van der Waals surface area contributed by atoms with Crippen LogP contribution in [-0.4, -0.2) is 23.2 Å². The molecule has 0 saturated carbocycles. The quantitative estimate of drug-likeness (QED) is 0.837. The molecule has 1 heterocycles. The first kappa shape index (κ1) is 11.5. The van der Waals surface area contributed by atoms with Gasteiger partial charge in [0.25, 0.3) is 0 Å². The summed E-state index contributed by atoms with van der Waals surface area (Å²) in [7, 11) is 0. The molecular weight excluding hydrogens is 220 g/mol. The standard InChI is InChI=1S/C12H16N2OS/c1-2-13-10(7-8-15)12-14-9-5-3-4-6-11(9)16-12/h3-6,10,13,15H,2,7-8H2,1H3. The van der Waals surface area contributed by atoms with Gasteiger partial charge in [-0.3, -0.25) is 0 Å². The van der Waals surface area contributed by atoms with E-state index in [0.717, 1.165) is 17.1 Å². The van der Waals surface area contributed by atoms with Crippen LogP contribution in [0.1, 0.15) is 24.4 Å². The van der Waals surface area contributed by atoms with Crippen molar-refractivity contribution in [2.75, 3.05) is 13.2 Å². The first-order chi connectivity index (χ1) is 7.85. The summed E-state index contributed by atoms with van der Waals surface area (Å²) in [4.78, 5) is 4.60. The van der Waals surface area contributed by atoms with Crippen LogP contribution in [0.25, 0.3) is 10.2 Å². The number of aliphatic hydroxyl groups is 1. The Kier molecular flexibility index (Phi) is 3.88. The van der Waals surface area contributed by atoms with E-state index in [0.29, 0.717) is 6.42 Å². The number of para-hydroxylation sites is 1. The molecule has 0 fully saturated rings. The Balaban J connectivity index is 2.29. The fourth-order valence-electron chi connectivity index (χ4n) is 1.73.